The van der Waals surface area contributed by atoms with Gasteiger partial charge >= 0.3 is 6.09 Å². The van der Waals surface area contributed by atoms with Gasteiger partial charge in [-0.2, -0.15) is 0 Å². The van der Waals surface area contributed by atoms with Gasteiger partial charge in [-0.05, 0) is 44.0 Å². The quantitative estimate of drug-likeness (QED) is 0.358. The molecular formula is C29H33ClN6O4. The number of alkyl halides is 1. The first-order chi connectivity index (χ1) is 19.3. The van der Waals surface area contributed by atoms with Gasteiger partial charge in [0.1, 0.15) is 11.9 Å². The van der Waals surface area contributed by atoms with Gasteiger partial charge < -0.3 is 24.8 Å². The van der Waals surface area contributed by atoms with E-state index >= 15 is 0 Å². The van der Waals surface area contributed by atoms with E-state index in [1.807, 2.05) is 42.2 Å². The molecular weight excluding hydrogens is 532 g/mol. The molecule has 3 N–H and O–H groups in total. The molecule has 2 aliphatic heterocycles. The van der Waals surface area contributed by atoms with Crippen molar-refractivity contribution in [2.45, 2.75) is 50.1 Å². The molecule has 3 amide bonds. The Labute approximate surface area is 238 Å². The number of aromatic amines is 1. The minimum Gasteiger partial charge on any atom is -0.453 e. The number of rotatable bonds is 3. The lowest BCUT2D eigenvalue weighted by molar-refractivity contribution is -0.143. The SMILES string of the molecule is COC(=O)Nc1ccc2c(c1)NC(=O)CC/C=C/C[C@H](N1CCN(C3=CC=CC(Cl)C3)C(C)C1=O)c1ncc-2[nH]1. The van der Waals surface area contributed by atoms with Gasteiger partial charge in [0.2, 0.25) is 11.8 Å². The summed E-state index contributed by atoms with van der Waals surface area (Å²) in [5.74, 6) is 0.551. The van der Waals surface area contributed by atoms with Crippen molar-refractivity contribution in [1.29, 1.82) is 0 Å². The second kappa shape index (κ2) is 12.0. The molecule has 1 saturated heterocycles. The average molecular weight is 565 g/mol. The van der Waals surface area contributed by atoms with Gasteiger partial charge in [0.25, 0.3) is 0 Å². The number of allylic oxidation sites excluding steroid dienone is 5. The Morgan fingerprint density at radius 2 is 2.02 bits per heavy atom. The van der Waals surface area contributed by atoms with Gasteiger partial charge in [-0.25, -0.2) is 9.78 Å². The fraction of sp³-hybridized carbons (Fsp3) is 0.379. The predicted octanol–water partition coefficient (Wildman–Crippen LogP) is 4.96. The maximum atomic E-state index is 13.7. The van der Waals surface area contributed by atoms with Crippen LogP contribution in [0.15, 0.2) is 60.5 Å². The Hall–Kier alpha value is -4.05. The lowest BCUT2D eigenvalue weighted by Crippen LogP contribution is -2.56. The minimum atomic E-state index is -0.606. The third kappa shape index (κ3) is 5.91. The van der Waals surface area contributed by atoms with E-state index in [-0.39, 0.29) is 29.3 Å². The third-order valence-corrected chi connectivity index (χ3v) is 7.74. The number of ether oxygens (including phenoxy) is 1. The lowest BCUT2D eigenvalue weighted by Gasteiger charge is -2.44. The van der Waals surface area contributed by atoms with Gasteiger partial charge in [-0.15, -0.1) is 11.6 Å². The molecule has 1 aliphatic carbocycles. The van der Waals surface area contributed by atoms with E-state index in [0.717, 1.165) is 5.70 Å². The van der Waals surface area contributed by atoms with E-state index in [0.29, 0.717) is 67.2 Å². The van der Waals surface area contributed by atoms with Crippen molar-refractivity contribution in [2.75, 3.05) is 30.8 Å². The number of carbonyl (C=O) groups excluding carboxylic acids is 3. The summed E-state index contributed by atoms with van der Waals surface area (Å²) in [6, 6.07) is 4.58. The molecule has 3 aliphatic rings. The number of methoxy groups -OCH3 is 1. The molecule has 11 heteroatoms. The van der Waals surface area contributed by atoms with Crippen LogP contribution < -0.4 is 10.6 Å². The van der Waals surface area contributed by atoms with Crippen LogP contribution in [-0.2, 0) is 14.3 Å². The Morgan fingerprint density at radius 3 is 2.83 bits per heavy atom. The van der Waals surface area contributed by atoms with Crippen molar-refractivity contribution in [2.24, 2.45) is 0 Å². The summed E-state index contributed by atoms with van der Waals surface area (Å²) < 4.78 is 4.69. The van der Waals surface area contributed by atoms with Crippen molar-refractivity contribution in [3.05, 3.63) is 66.3 Å². The van der Waals surface area contributed by atoms with Crippen LogP contribution >= 0.6 is 11.6 Å². The van der Waals surface area contributed by atoms with Crippen LogP contribution in [0.3, 0.4) is 0 Å². The monoisotopic (exact) mass is 564 g/mol. The number of imidazole rings is 1. The van der Waals surface area contributed by atoms with Crippen molar-refractivity contribution < 1.29 is 19.1 Å². The molecule has 2 aromatic rings. The number of benzene rings is 1. The Morgan fingerprint density at radius 1 is 1.20 bits per heavy atom. The van der Waals surface area contributed by atoms with Crippen LogP contribution in [-0.4, -0.2) is 69.3 Å². The van der Waals surface area contributed by atoms with Crippen molar-refractivity contribution in [1.82, 2.24) is 19.8 Å². The van der Waals surface area contributed by atoms with Crippen LogP contribution in [0.1, 0.15) is 44.5 Å². The van der Waals surface area contributed by atoms with Gasteiger partial charge in [-0.3, -0.25) is 14.9 Å². The van der Waals surface area contributed by atoms with Crippen LogP contribution in [0.4, 0.5) is 16.2 Å². The number of nitrogens with zero attached hydrogens (tertiary/aromatic N) is 3. The van der Waals surface area contributed by atoms with E-state index in [1.165, 1.54) is 7.11 Å². The third-order valence-electron chi connectivity index (χ3n) is 7.44. The number of nitrogens with one attached hydrogen (secondary N) is 3. The van der Waals surface area contributed by atoms with Crippen molar-refractivity contribution in [3.8, 4) is 11.3 Å². The summed E-state index contributed by atoms with van der Waals surface area (Å²) in [6.07, 6.45) is 13.1. The molecule has 1 aromatic carbocycles. The van der Waals surface area contributed by atoms with Crippen molar-refractivity contribution in [3.63, 3.8) is 0 Å². The summed E-state index contributed by atoms with van der Waals surface area (Å²) in [5.41, 5.74) is 3.49. The number of piperazine rings is 1. The highest BCUT2D eigenvalue weighted by Gasteiger charge is 2.37. The average Bonchev–Trinajstić information content (AvgIpc) is 3.42. The van der Waals surface area contributed by atoms with E-state index in [2.05, 4.69) is 25.5 Å². The number of hydrogen-bond donors (Lipinski definition) is 3. The molecule has 1 aromatic heterocycles. The Kier molecular flexibility index (Phi) is 8.25. The van der Waals surface area contributed by atoms with E-state index in [9.17, 15) is 14.4 Å². The summed E-state index contributed by atoms with van der Waals surface area (Å²) >= 11 is 6.35. The zero-order valence-electron chi connectivity index (χ0n) is 22.5. The molecule has 2 unspecified atom stereocenters. The number of amides is 3. The van der Waals surface area contributed by atoms with E-state index < -0.39 is 6.09 Å². The number of aromatic nitrogens is 2. The smallest absolute Gasteiger partial charge is 0.411 e. The Balaban J connectivity index is 1.44. The fourth-order valence-corrected chi connectivity index (χ4v) is 5.60. The lowest BCUT2D eigenvalue weighted by atomic mass is 10.0. The second-order valence-corrected chi connectivity index (χ2v) is 10.6. The number of carbonyl (C=O) groups is 3. The maximum Gasteiger partial charge on any atom is 0.411 e. The largest absolute Gasteiger partial charge is 0.453 e. The van der Waals surface area contributed by atoms with Crippen LogP contribution in [0.2, 0.25) is 0 Å². The number of anilines is 2. The number of halogens is 1. The zero-order valence-corrected chi connectivity index (χ0v) is 23.3. The van der Waals surface area contributed by atoms with Crippen molar-refractivity contribution >= 4 is 40.9 Å². The first kappa shape index (κ1) is 27.5. The molecule has 3 atom stereocenters. The standard InChI is InChI=1S/C29H33ClN6O4/c1-18-28(38)36(14-13-35(18)21-8-6-7-19(30)15-21)25-9-4-3-5-10-26(37)33-23-16-20(32-29(39)40-2)11-12-22(23)24-17-31-27(25)34-24/h3-4,6-8,11-12,16-19,25H,5,9-10,13-15H2,1-2H3,(H,31,34)(H,32,39)(H,33,37)/b4-3+/t18?,19?,25-/m0/s1. The van der Waals surface area contributed by atoms with Crippen LogP contribution in [0.5, 0.6) is 0 Å². The van der Waals surface area contributed by atoms with Crippen LogP contribution in [0, 0.1) is 0 Å². The molecule has 10 nitrogen and oxygen atoms in total. The summed E-state index contributed by atoms with van der Waals surface area (Å²) in [5, 5.41) is 5.51. The van der Waals surface area contributed by atoms with Gasteiger partial charge in [0.15, 0.2) is 0 Å². The van der Waals surface area contributed by atoms with E-state index in [1.54, 1.807) is 24.4 Å². The summed E-state index contributed by atoms with van der Waals surface area (Å²) in [6.45, 7) is 3.18. The highest BCUT2D eigenvalue weighted by atomic mass is 35.5. The molecule has 1 fully saturated rings. The highest BCUT2D eigenvalue weighted by molar-refractivity contribution is 6.22. The molecule has 0 saturated carbocycles. The summed E-state index contributed by atoms with van der Waals surface area (Å²) in [7, 11) is 1.29. The second-order valence-electron chi connectivity index (χ2n) is 10.0. The van der Waals surface area contributed by atoms with E-state index in [4.69, 9.17) is 16.3 Å². The topological polar surface area (TPSA) is 120 Å². The first-order valence-electron chi connectivity index (χ1n) is 13.4. The van der Waals surface area contributed by atoms with Crippen LogP contribution in [0.25, 0.3) is 11.3 Å². The number of H-pyrrole nitrogens is 1. The molecule has 0 radical (unpaired) electrons. The number of fused-ring (bicyclic) bond motifs is 4. The molecule has 40 heavy (non-hydrogen) atoms. The fourth-order valence-electron chi connectivity index (χ4n) is 5.36. The zero-order chi connectivity index (χ0) is 28.2. The van der Waals surface area contributed by atoms with Gasteiger partial charge in [-0.1, -0.05) is 24.3 Å². The minimum absolute atomic E-state index is 0.0317. The van der Waals surface area contributed by atoms with Gasteiger partial charge in [0, 0.05) is 42.9 Å². The highest BCUT2D eigenvalue weighted by Crippen LogP contribution is 2.34. The molecule has 5 rings (SSSR count). The molecule has 0 spiro atoms. The first-order valence-corrected chi connectivity index (χ1v) is 13.9. The Bertz CT molecular complexity index is 1380. The summed E-state index contributed by atoms with van der Waals surface area (Å²) in [4.78, 5) is 50.3. The number of hydrogen-bond acceptors (Lipinski definition) is 6. The maximum absolute atomic E-state index is 13.7. The molecule has 210 valence electrons. The van der Waals surface area contributed by atoms with Gasteiger partial charge in [0.05, 0.1) is 36.1 Å². The molecule has 2 bridgehead atoms. The normalized spacial score (nSPS) is 24.1. The predicted molar refractivity (Wildman–Crippen MR) is 154 cm³/mol. The molecule has 3 heterocycles.